The maximum atomic E-state index is 14.0. The molecule has 0 bridgehead atoms. The van der Waals surface area contributed by atoms with Crippen molar-refractivity contribution >= 4 is 55.1 Å². The Hall–Kier alpha value is -2.88. The van der Waals surface area contributed by atoms with E-state index >= 15 is 0 Å². The van der Waals surface area contributed by atoms with Gasteiger partial charge < -0.3 is 10.2 Å². The second-order valence-corrected chi connectivity index (χ2v) is 13.3. The molecule has 0 saturated heterocycles. The molecule has 7 nitrogen and oxygen atoms in total. The zero-order valence-corrected chi connectivity index (χ0v) is 25.6. The van der Waals surface area contributed by atoms with Gasteiger partial charge >= 0.3 is 0 Å². The lowest BCUT2D eigenvalue weighted by Crippen LogP contribution is -2.55. The van der Waals surface area contributed by atoms with Gasteiger partial charge in [0.1, 0.15) is 12.6 Å². The van der Waals surface area contributed by atoms with Gasteiger partial charge in [0.15, 0.2) is 0 Å². The van der Waals surface area contributed by atoms with Crippen molar-refractivity contribution in [3.63, 3.8) is 0 Å². The van der Waals surface area contributed by atoms with Crippen molar-refractivity contribution in [2.24, 2.45) is 0 Å². The van der Waals surface area contributed by atoms with Crippen LogP contribution >= 0.6 is 27.5 Å². The molecule has 0 spiro atoms. The highest BCUT2D eigenvalue weighted by Gasteiger charge is 2.34. The largest absolute Gasteiger partial charge is 0.350 e. The molecule has 1 N–H and O–H groups in total. The van der Waals surface area contributed by atoms with Gasteiger partial charge in [0.25, 0.3) is 10.0 Å². The fraction of sp³-hybridized carbons (Fsp3) is 0.310. The standard InChI is InChI=1S/C29H33BrClN3O4S/c1-5-26(28(36)32-29(2,3)4)33(19-21-14-16-23(31)17-15-21)27(35)20-34(24-11-9-10-22(30)18-24)39(37,38)25-12-7-6-8-13-25/h6-18,26H,5,19-20H2,1-4H3,(H,32,36). The molecular weight excluding hydrogens is 602 g/mol. The highest BCUT2D eigenvalue weighted by Crippen LogP contribution is 2.27. The minimum Gasteiger partial charge on any atom is -0.350 e. The number of rotatable bonds is 10. The summed E-state index contributed by atoms with van der Waals surface area (Å²) in [4.78, 5) is 28.9. The topological polar surface area (TPSA) is 86.8 Å². The number of benzene rings is 3. The van der Waals surface area contributed by atoms with Gasteiger partial charge in [-0.05, 0) is 75.2 Å². The number of amides is 2. The lowest BCUT2D eigenvalue weighted by molar-refractivity contribution is -0.141. The zero-order valence-electron chi connectivity index (χ0n) is 22.4. The summed E-state index contributed by atoms with van der Waals surface area (Å²) < 4.78 is 29.4. The van der Waals surface area contributed by atoms with Crippen LogP contribution in [0.3, 0.4) is 0 Å². The third-order valence-corrected chi connectivity index (χ3v) is 8.39. The van der Waals surface area contributed by atoms with Crippen molar-refractivity contribution in [2.45, 2.75) is 57.1 Å². The number of sulfonamides is 1. The van der Waals surface area contributed by atoms with E-state index in [0.29, 0.717) is 21.6 Å². The first-order valence-electron chi connectivity index (χ1n) is 12.5. The van der Waals surface area contributed by atoms with Crippen LogP contribution in [-0.4, -0.2) is 43.3 Å². The molecule has 3 rings (SSSR count). The van der Waals surface area contributed by atoms with Gasteiger partial charge in [-0.15, -0.1) is 0 Å². The highest BCUT2D eigenvalue weighted by molar-refractivity contribution is 9.10. The lowest BCUT2D eigenvalue weighted by atomic mass is 10.1. The Bertz CT molecular complexity index is 1390. The Morgan fingerprint density at radius 1 is 0.974 bits per heavy atom. The lowest BCUT2D eigenvalue weighted by Gasteiger charge is -2.34. The number of nitrogens with zero attached hydrogens (tertiary/aromatic N) is 2. The molecule has 208 valence electrons. The summed E-state index contributed by atoms with van der Waals surface area (Å²) in [7, 11) is -4.11. The van der Waals surface area contributed by atoms with Crippen molar-refractivity contribution in [1.29, 1.82) is 0 Å². The number of hydrogen-bond acceptors (Lipinski definition) is 4. The monoisotopic (exact) mass is 633 g/mol. The van der Waals surface area contributed by atoms with E-state index < -0.39 is 34.1 Å². The van der Waals surface area contributed by atoms with Gasteiger partial charge in [0.05, 0.1) is 10.6 Å². The van der Waals surface area contributed by atoms with Crippen LogP contribution in [0.4, 0.5) is 5.69 Å². The molecule has 0 saturated carbocycles. The van der Waals surface area contributed by atoms with E-state index in [1.807, 2.05) is 27.7 Å². The van der Waals surface area contributed by atoms with Gasteiger partial charge in [-0.1, -0.05) is 70.9 Å². The van der Waals surface area contributed by atoms with E-state index in [2.05, 4.69) is 21.2 Å². The number of carbonyl (C=O) groups is 2. The van der Waals surface area contributed by atoms with Gasteiger partial charge in [-0.3, -0.25) is 13.9 Å². The van der Waals surface area contributed by atoms with Crippen molar-refractivity contribution in [1.82, 2.24) is 10.2 Å². The summed E-state index contributed by atoms with van der Waals surface area (Å²) >= 11 is 9.46. The van der Waals surface area contributed by atoms with Crippen LogP contribution in [0.2, 0.25) is 5.02 Å². The van der Waals surface area contributed by atoms with E-state index in [1.165, 1.54) is 17.0 Å². The van der Waals surface area contributed by atoms with Crippen LogP contribution in [0.1, 0.15) is 39.7 Å². The molecule has 3 aromatic carbocycles. The molecule has 2 amide bonds. The van der Waals surface area contributed by atoms with Gasteiger partial charge in [0.2, 0.25) is 11.8 Å². The molecule has 1 atom stereocenters. The van der Waals surface area contributed by atoms with Crippen LogP contribution in [0.5, 0.6) is 0 Å². The summed E-state index contributed by atoms with van der Waals surface area (Å²) in [5, 5.41) is 3.50. The first-order valence-corrected chi connectivity index (χ1v) is 15.1. The minimum atomic E-state index is -4.11. The Balaban J connectivity index is 2.06. The van der Waals surface area contributed by atoms with Gasteiger partial charge in [0, 0.05) is 21.6 Å². The molecule has 1 unspecified atom stereocenters. The Morgan fingerprint density at radius 2 is 1.62 bits per heavy atom. The quantitative estimate of drug-likeness (QED) is 0.296. The fourth-order valence-corrected chi connectivity index (χ4v) is 5.98. The Morgan fingerprint density at radius 3 is 2.18 bits per heavy atom. The Labute approximate surface area is 244 Å². The highest BCUT2D eigenvalue weighted by atomic mass is 79.9. The van der Waals surface area contributed by atoms with Crippen molar-refractivity contribution in [3.05, 3.63) is 93.9 Å². The molecule has 0 fully saturated rings. The van der Waals surface area contributed by atoms with Crippen molar-refractivity contribution < 1.29 is 18.0 Å². The first-order chi connectivity index (χ1) is 18.3. The summed E-state index contributed by atoms with van der Waals surface area (Å²) in [6.45, 7) is 7.02. The number of hydrogen-bond donors (Lipinski definition) is 1. The minimum absolute atomic E-state index is 0.0551. The molecule has 0 aromatic heterocycles. The second-order valence-electron chi connectivity index (χ2n) is 10.1. The number of nitrogens with one attached hydrogen (secondary N) is 1. The molecular formula is C29H33BrClN3O4S. The average Bonchev–Trinajstić information content (AvgIpc) is 2.87. The van der Waals surface area contributed by atoms with Crippen LogP contribution < -0.4 is 9.62 Å². The molecule has 39 heavy (non-hydrogen) atoms. The van der Waals surface area contributed by atoms with E-state index in [0.717, 1.165) is 9.87 Å². The Kier molecular flexibility index (Phi) is 10.2. The van der Waals surface area contributed by atoms with Crippen LogP contribution in [0, 0.1) is 0 Å². The van der Waals surface area contributed by atoms with Gasteiger partial charge in [-0.2, -0.15) is 0 Å². The number of anilines is 1. The van der Waals surface area contributed by atoms with E-state index in [9.17, 15) is 18.0 Å². The predicted octanol–water partition coefficient (Wildman–Crippen LogP) is 6.02. The molecule has 0 aliphatic carbocycles. The third kappa shape index (κ3) is 8.30. The van der Waals surface area contributed by atoms with E-state index in [-0.39, 0.29) is 17.3 Å². The molecule has 0 aliphatic heterocycles. The van der Waals surface area contributed by atoms with Crippen LogP contribution in [-0.2, 0) is 26.2 Å². The maximum absolute atomic E-state index is 14.0. The number of halogens is 2. The smallest absolute Gasteiger partial charge is 0.264 e. The molecule has 10 heteroatoms. The number of carbonyl (C=O) groups excluding carboxylic acids is 2. The maximum Gasteiger partial charge on any atom is 0.264 e. The first kappa shape index (κ1) is 30.7. The van der Waals surface area contributed by atoms with Crippen LogP contribution in [0.25, 0.3) is 0 Å². The average molecular weight is 635 g/mol. The summed E-state index contributed by atoms with van der Waals surface area (Å²) in [6, 6.07) is 20.9. The predicted molar refractivity (Wildman–Crippen MR) is 159 cm³/mol. The fourth-order valence-electron chi connectivity index (χ4n) is 4.04. The van der Waals surface area contributed by atoms with Crippen molar-refractivity contribution in [3.8, 4) is 0 Å². The van der Waals surface area contributed by atoms with E-state index in [4.69, 9.17) is 11.6 Å². The molecule has 0 heterocycles. The molecule has 0 aliphatic rings. The second kappa shape index (κ2) is 13.0. The molecule has 0 radical (unpaired) electrons. The normalized spacial score (nSPS) is 12.5. The zero-order chi connectivity index (χ0) is 28.8. The van der Waals surface area contributed by atoms with Crippen LogP contribution in [0.15, 0.2) is 88.2 Å². The van der Waals surface area contributed by atoms with E-state index in [1.54, 1.807) is 66.7 Å². The third-order valence-electron chi connectivity index (χ3n) is 5.86. The summed E-state index contributed by atoms with van der Waals surface area (Å²) in [5.74, 6) is -0.826. The summed E-state index contributed by atoms with van der Waals surface area (Å²) in [5.41, 5.74) is 0.563. The summed E-state index contributed by atoms with van der Waals surface area (Å²) in [6.07, 6.45) is 0.337. The van der Waals surface area contributed by atoms with Crippen molar-refractivity contribution in [2.75, 3.05) is 10.8 Å². The van der Waals surface area contributed by atoms with Gasteiger partial charge in [-0.25, -0.2) is 8.42 Å². The SMILES string of the molecule is CCC(C(=O)NC(C)(C)C)N(Cc1ccc(Cl)cc1)C(=O)CN(c1cccc(Br)c1)S(=O)(=O)c1ccccc1. The molecule has 3 aromatic rings.